The van der Waals surface area contributed by atoms with Crippen molar-refractivity contribution >= 4 is 5.97 Å². The molecule has 0 heterocycles. The monoisotopic (exact) mass is 173 g/mol. The molecule has 0 aliphatic heterocycles. The van der Waals surface area contributed by atoms with Crippen LogP contribution >= 0.6 is 0 Å². The molecule has 0 saturated heterocycles. The zero-order valence-corrected chi connectivity index (χ0v) is 7.75. The van der Waals surface area contributed by atoms with Crippen LogP contribution in [-0.2, 0) is 4.79 Å². The summed E-state index contributed by atoms with van der Waals surface area (Å²) in [5, 5.41) is 8.38. The van der Waals surface area contributed by atoms with Gasteiger partial charge >= 0.3 is 5.97 Å². The topological polar surface area (TPSA) is 63.3 Å². The highest BCUT2D eigenvalue weighted by Gasteiger charge is 2.04. The standard InChI is InChI=1S/C9H19NO2/c1-2-3-4-5-8(10)6-7-9(11)12/h8H,2-7,10H2,1H3,(H,11,12)/t8-/m0/s1. The first kappa shape index (κ1) is 11.4. The van der Waals surface area contributed by atoms with Crippen LogP contribution in [0, 0.1) is 0 Å². The van der Waals surface area contributed by atoms with Gasteiger partial charge < -0.3 is 10.8 Å². The van der Waals surface area contributed by atoms with Gasteiger partial charge in [0.15, 0.2) is 0 Å². The lowest BCUT2D eigenvalue weighted by molar-refractivity contribution is -0.137. The van der Waals surface area contributed by atoms with Gasteiger partial charge in [-0.1, -0.05) is 26.2 Å². The van der Waals surface area contributed by atoms with Crippen LogP contribution in [0.5, 0.6) is 0 Å². The fourth-order valence-corrected chi connectivity index (χ4v) is 1.11. The Labute approximate surface area is 74.0 Å². The highest BCUT2D eigenvalue weighted by Crippen LogP contribution is 2.05. The number of rotatable bonds is 7. The van der Waals surface area contributed by atoms with Crippen molar-refractivity contribution in [1.29, 1.82) is 0 Å². The van der Waals surface area contributed by atoms with Gasteiger partial charge in [0, 0.05) is 12.5 Å². The molecule has 0 bridgehead atoms. The molecule has 72 valence electrons. The van der Waals surface area contributed by atoms with Gasteiger partial charge in [-0.2, -0.15) is 0 Å². The third kappa shape index (κ3) is 7.54. The number of carboxylic acid groups (broad SMARTS) is 1. The predicted molar refractivity (Wildman–Crippen MR) is 49.0 cm³/mol. The molecule has 3 nitrogen and oxygen atoms in total. The minimum absolute atomic E-state index is 0.0765. The highest BCUT2D eigenvalue weighted by molar-refractivity contribution is 5.66. The van der Waals surface area contributed by atoms with E-state index < -0.39 is 5.97 Å². The molecule has 0 radical (unpaired) electrons. The lowest BCUT2D eigenvalue weighted by Gasteiger charge is -2.08. The summed E-state index contributed by atoms with van der Waals surface area (Å²) in [6.07, 6.45) is 5.27. The maximum atomic E-state index is 10.2. The Morgan fingerprint density at radius 3 is 2.58 bits per heavy atom. The molecular formula is C9H19NO2. The molecule has 0 aromatic carbocycles. The number of carbonyl (C=O) groups is 1. The Morgan fingerprint density at radius 2 is 2.08 bits per heavy atom. The molecule has 0 unspecified atom stereocenters. The van der Waals surface area contributed by atoms with Crippen molar-refractivity contribution in [3.63, 3.8) is 0 Å². The zero-order chi connectivity index (χ0) is 9.40. The van der Waals surface area contributed by atoms with Crippen molar-refractivity contribution in [2.75, 3.05) is 0 Å². The maximum absolute atomic E-state index is 10.2. The lowest BCUT2D eigenvalue weighted by Crippen LogP contribution is -2.20. The molecule has 3 N–H and O–H groups in total. The first-order valence-electron chi connectivity index (χ1n) is 4.64. The second-order valence-corrected chi connectivity index (χ2v) is 3.19. The second-order valence-electron chi connectivity index (χ2n) is 3.19. The van der Waals surface area contributed by atoms with Gasteiger partial charge in [0.1, 0.15) is 0 Å². The average molecular weight is 173 g/mol. The van der Waals surface area contributed by atoms with Gasteiger partial charge in [0.2, 0.25) is 0 Å². The molecule has 0 fully saturated rings. The normalized spacial score (nSPS) is 12.8. The fraction of sp³-hybridized carbons (Fsp3) is 0.889. The number of aliphatic carboxylic acids is 1. The van der Waals surface area contributed by atoms with Crippen LogP contribution in [0.3, 0.4) is 0 Å². The molecule has 12 heavy (non-hydrogen) atoms. The van der Waals surface area contributed by atoms with Crippen molar-refractivity contribution in [2.24, 2.45) is 5.73 Å². The largest absolute Gasteiger partial charge is 0.481 e. The maximum Gasteiger partial charge on any atom is 0.303 e. The van der Waals surface area contributed by atoms with Crippen LogP contribution in [0.2, 0.25) is 0 Å². The molecule has 0 aromatic rings. The molecule has 0 spiro atoms. The molecule has 0 aromatic heterocycles. The van der Waals surface area contributed by atoms with E-state index in [-0.39, 0.29) is 12.5 Å². The minimum Gasteiger partial charge on any atom is -0.481 e. The van der Waals surface area contributed by atoms with E-state index in [0.717, 1.165) is 12.8 Å². The van der Waals surface area contributed by atoms with Gasteiger partial charge in [-0.05, 0) is 12.8 Å². The Hall–Kier alpha value is -0.570. The summed E-state index contributed by atoms with van der Waals surface area (Å²) in [5.74, 6) is -0.749. The molecule has 0 rings (SSSR count). The SMILES string of the molecule is CCCCC[C@H](N)CCC(=O)O. The summed E-state index contributed by atoms with van der Waals surface area (Å²) in [6, 6.07) is 0.0765. The van der Waals surface area contributed by atoms with Gasteiger partial charge in [-0.3, -0.25) is 4.79 Å². The molecule has 0 aliphatic rings. The highest BCUT2D eigenvalue weighted by atomic mass is 16.4. The zero-order valence-electron chi connectivity index (χ0n) is 7.75. The summed E-state index contributed by atoms with van der Waals surface area (Å²) in [5.41, 5.74) is 5.70. The summed E-state index contributed by atoms with van der Waals surface area (Å²) >= 11 is 0. The molecular weight excluding hydrogens is 154 g/mol. The summed E-state index contributed by atoms with van der Waals surface area (Å²) in [4.78, 5) is 10.2. The van der Waals surface area contributed by atoms with Crippen LogP contribution in [0.4, 0.5) is 0 Å². The number of nitrogens with two attached hydrogens (primary N) is 1. The van der Waals surface area contributed by atoms with Gasteiger partial charge in [-0.15, -0.1) is 0 Å². The van der Waals surface area contributed by atoms with Gasteiger partial charge in [0.25, 0.3) is 0 Å². The average Bonchev–Trinajstić information content (AvgIpc) is 2.01. The van der Waals surface area contributed by atoms with Crippen molar-refractivity contribution in [3.05, 3.63) is 0 Å². The van der Waals surface area contributed by atoms with Crippen molar-refractivity contribution < 1.29 is 9.90 Å². The molecule has 0 amide bonds. The second kappa shape index (κ2) is 7.10. The van der Waals surface area contributed by atoms with Crippen LogP contribution in [0.15, 0.2) is 0 Å². The van der Waals surface area contributed by atoms with E-state index in [2.05, 4.69) is 6.92 Å². The van der Waals surface area contributed by atoms with Crippen molar-refractivity contribution in [3.8, 4) is 0 Å². The first-order valence-corrected chi connectivity index (χ1v) is 4.64. The number of hydrogen-bond acceptors (Lipinski definition) is 2. The number of hydrogen-bond donors (Lipinski definition) is 2. The van der Waals surface area contributed by atoms with E-state index >= 15 is 0 Å². The Balaban J connectivity index is 3.21. The van der Waals surface area contributed by atoms with E-state index in [9.17, 15) is 4.79 Å². The third-order valence-corrected chi connectivity index (χ3v) is 1.91. The molecule has 1 atom stereocenters. The van der Waals surface area contributed by atoms with Crippen molar-refractivity contribution in [1.82, 2.24) is 0 Å². The lowest BCUT2D eigenvalue weighted by atomic mass is 10.1. The van der Waals surface area contributed by atoms with E-state index in [4.69, 9.17) is 10.8 Å². The Kier molecular flexibility index (Phi) is 6.76. The predicted octanol–water partition coefficient (Wildman–Crippen LogP) is 1.76. The van der Waals surface area contributed by atoms with E-state index in [1.54, 1.807) is 0 Å². The van der Waals surface area contributed by atoms with E-state index in [0.29, 0.717) is 6.42 Å². The first-order chi connectivity index (χ1) is 5.66. The van der Waals surface area contributed by atoms with Crippen molar-refractivity contribution in [2.45, 2.75) is 51.5 Å². The molecule has 0 aliphatic carbocycles. The van der Waals surface area contributed by atoms with Crippen LogP contribution in [0.25, 0.3) is 0 Å². The minimum atomic E-state index is -0.749. The van der Waals surface area contributed by atoms with Crippen LogP contribution < -0.4 is 5.73 Å². The van der Waals surface area contributed by atoms with Crippen LogP contribution in [-0.4, -0.2) is 17.1 Å². The van der Waals surface area contributed by atoms with Crippen LogP contribution in [0.1, 0.15) is 45.4 Å². The van der Waals surface area contributed by atoms with Gasteiger partial charge in [-0.25, -0.2) is 0 Å². The third-order valence-electron chi connectivity index (χ3n) is 1.91. The van der Waals surface area contributed by atoms with E-state index in [1.165, 1.54) is 12.8 Å². The summed E-state index contributed by atoms with van der Waals surface area (Å²) < 4.78 is 0. The number of carboxylic acids is 1. The van der Waals surface area contributed by atoms with Gasteiger partial charge in [0.05, 0.1) is 0 Å². The molecule has 3 heteroatoms. The summed E-state index contributed by atoms with van der Waals surface area (Å²) in [6.45, 7) is 2.14. The molecule has 0 saturated carbocycles. The smallest absolute Gasteiger partial charge is 0.303 e. The summed E-state index contributed by atoms with van der Waals surface area (Å²) in [7, 11) is 0. The fourth-order valence-electron chi connectivity index (χ4n) is 1.11. The Bertz CT molecular complexity index is 126. The van der Waals surface area contributed by atoms with E-state index in [1.807, 2.05) is 0 Å². The number of unbranched alkanes of at least 4 members (excludes halogenated alkanes) is 2. The Morgan fingerprint density at radius 1 is 1.42 bits per heavy atom. The quantitative estimate of drug-likeness (QED) is 0.576.